The summed E-state index contributed by atoms with van der Waals surface area (Å²) in [5.41, 5.74) is 0.101. The van der Waals surface area contributed by atoms with Gasteiger partial charge in [-0.25, -0.2) is 4.79 Å². The maximum Gasteiger partial charge on any atom is 0.349 e. The van der Waals surface area contributed by atoms with Gasteiger partial charge in [-0.15, -0.1) is 0 Å². The highest BCUT2D eigenvalue weighted by Crippen LogP contribution is 2.23. The van der Waals surface area contributed by atoms with Gasteiger partial charge in [-0.2, -0.15) is 8.42 Å². The highest BCUT2D eigenvalue weighted by Gasteiger charge is 2.23. The lowest BCUT2D eigenvalue weighted by atomic mass is 10.1. The second-order valence-electron chi connectivity index (χ2n) is 3.69. The third kappa shape index (κ3) is 4.96. The molecule has 0 fully saturated rings. The largest absolute Gasteiger partial charge is 0.478 e. The van der Waals surface area contributed by atoms with Crippen LogP contribution in [0.15, 0.2) is 24.3 Å². The Balaban J connectivity index is 3.08. The standard InChI is InChI=1S/C11H12O7S/c1-7(12)17-10(11(13)14)8-4-3-5-9(6-8)18-19(2,15)16/h3-6,10H,1-2H3,(H,13,14). The predicted octanol–water partition coefficient (Wildman–Crippen LogP) is 0.714. The number of carboxylic acids is 1. The van der Waals surface area contributed by atoms with E-state index in [1.807, 2.05) is 0 Å². The highest BCUT2D eigenvalue weighted by molar-refractivity contribution is 7.86. The molecule has 1 aromatic rings. The fourth-order valence-corrected chi connectivity index (χ4v) is 1.78. The molecule has 0 radical (unpaired) electrons. The molecule has 1 atom stereocenters. The molecule has 8 heteroatoms. The van der Waals surface area contributed by atoms with Crippen LogP contribution in [-0.4, -0.2) is 31.7 Å². The number of aliphatic carboxylic acids is 1. The van der Waals surface area contributed by atoms with E-state index < -0.39 is 28.2 Å². The lowest BCUT2D eigenvalue weighted by molar-refractivity contribution is -0.163. The van der Waals surface area contributed by atoms with Crippen LogP contribution in [0.5, 0.6) is 5.75 Å². The lowest BCUT2D eigenvalue weighted by Crippen LogP contribution is -2.18. The molecule has 0 aliphatic carbocycles. The van der Waals surface area contributed by atoms with Gasteiger partial charge in [0.05, 0.1) is 6.26 Å². The molecule has 0 aliphatic heterocycles. The molecule has 1 aromatic carbocycles. The van der Waals surface area contributed by atoms with Crippen LogP contribution >= 0.6 is 0 Å². The van der Waals surface area contributed by atoms with Crippen molar-refractivity contribution in [2.75, 3.05) is 6.26 Å². The zero-order valence-corrected chi connectivity index (χ0v) is 11.0. The third-order valence-corrected chi connectivity index (χ3v) is 2.41. The molecule has 0 saturated heterocycles. The molecule has 1 rings (SSSR count). The Bertz CT molecular complexity index is 591. The van der Waals surface area contributed by atoms with Crippen molar-refractivity contribution in [3.05, 3.63) is 29.8 Å². The summed E-state index contributed by atoms with van der Waals surface area (Å²) in [6, 6.07) is 5.31. The van der Waals surface area contributed by atoms with E-state index in [1.165, 1.54) is 24.3 Å². The molecule has 1 N–H and O–H groups in total. The Morgan fingerprint density at radius 1 is 1.32 bits per heavy atom. The van der Waals surface area contributed by atoms with Gasteiger partial charge in [0.25, 0.3) is 0 Å². The number of hydrogen-bond donors (Lipinski definition) is 1. The van der Waals surface area contributed by atoms with Gasteiger partial charge in [0.15, 0.2) is 0 Å². The van der Waals surface area contributed by atoms with Gasteiger partial charge in [0.2, 0.25) is 6.10 Å². The number of hydrogen-bond acceptors (Lipinski definition) is 6. The summed E-state index contributed by atoms with van der Waals surface area (Å²) in [7, 11) is -3.72. The van der Waals surface area contributed by atoms with Gasteiger partial charge < -0.3 is 14.0 Å². The SMILES string of the molecule is CC(=O)OC(C(=O)O)c1cccc(OS(C)(=O)=O)c1. The molecular formula is C11H12O7S. The minimum Gasteiger partial charge on any atom is -0.478 e. The molecule has 7 nitrogen and oxygen atoms in total. The van der Waals surface area contributed by atoms with Gasteiger partial charge in [0, 0.05) is 12.5 Å². The zero-order chi connectivity index (χ0) is 14.6. The minimum absolute atomic E-state index is 0.0570. The van der Waals surface area contributed by atoms with E-state index in [9.17, 15) is 18.0 Å². The van der Waals surface area contributed by atoms with Crippen molar-refractivity contribution < 1.29 is 32.0 Å². The maximum atomic E-state index is 11.0. The van der Waals surface area contributed by atoms with E-state index in [1.54, 1.807) is 0 Å². The molecule has 0 spiro atoms. The predicted molar refractivity (Wildman–Crippen MR) is 64.1 cm³/mol. The minimum atomic E-state index is -3.72. The Labute approximate surface area is 109 Å². The van der Waals surface area contributed by atoms with Crippen LogP contribution in [0.25, 0.3) is 0 Å². The summed E-state index contributed by atoms with van der Waals surface area (Å²) in [6.45, 7) is 1.08. The number of carboxylic acid groups (broad SMARTS) is 1. The summed E-state index contributed by atoms with van der Waals surface area (Å²) < 4.78 is 31.2. The molecule has 0 aliphatic rings. The molecule has 104 valence electrons. The van der Waals surface area contributed by atoms with Gasteiger partial charge in [-0.05, 0) is 12.1 Å². The second kappa shape index (κ2) is 5.70. The Hall–Kier alpha value is -2.09. The first kappa shape index (κ1) is 15.0. The van der Waals surface area contributed by atoms with Crippen LogP contribution < -0.4 is 4.18 Å². The van der Waals surface area contributed by atoms with Crippen molar-refractivity contribution >= 4 is 22.1 Å². The van der Waals surface area contributed by atoms with Crippen LogP contribution in [0.3, 0.4) is 0 Å². The van der Waals surface area contributed by atoms with Crippen molar-refractivity contribution in [3.8, 4) is 5.75 Å². The number of benzene rings is 1. The third-order valence-electron chi connectivity index (χ3n) is 1.92. The number of carbonyl (C=O) groups is 2. The lowest BCUT2D eigenvalue weighted by Gasteiger charge is -2.13. The highest BCUT2D eigenvalue weighted by atomic mass is 32.2. The van der Waals surface area contributed by atoms with Crippen LogP contribution in [-0.2, 0) is 24.4 Å². The first-order chi connectivity index (χ1) is 8.69. The normalized spacial score (nSPS) is 12.5. The number of carbonyl (C=O) groups excluding carboxylic acids is 1. The summed E-state index contributed by atoms with van der Waals surface area (Å²) in [4.78, 5) is 21.8. The Morgan fingerprint density at radius 3 is 2.42 bits per heavy atom. The van der Waals surface area contributed by atoms with Crippen molar-refractivity contribution in [3.63, 3.8) is 0 Å². The van der Waals surface area contributed by atoms with E-state index in [-0.39, 0.29) is 11.3 Å². The molecule has 1 unspecified atom stereocenters. The molecule has 0 heterocycles. The fourth-order valence-electron chi connectivity index (χ4n) is 1.33. The summed E-state index contributed by atoms with van der Waals surface area (Å²) in [6.07, 6.45) is -0.652. The van der Waals surface area contributed by atoms with Crippen LogP contribution in [0.4, 0.5) is 0 Å². The summed E-state index contributed by atoms with van der Waals surface area (Å²) >= 11 is 0. The van der Waals surface area contributed by atoms with Gasteiger partial charge in [-0.1, -0.05) is 12.1 Å². The molecule has 0 saturated carbocycles. The summed E-state index contributed by atoms with van der Waals surface area (Å²) in [5.74, 6) is -2.19. The average Bonchev–Trinajstić information content (AvgIpc) is 2.23. The van der Waals surface area contributed by atoms with Crippen LogP contribution in [0, 0.1) is 0 Å². The van der Waals surface area contributed by atoms with E-state index in [0.717, 1.165) is 13.2 Å². The van der Waals surface area contributed by atoms with E-state index >= 15 is 0 Å². The topological polar surface area (TPSA) is 107 Å². The molecule has 0 amide bonds. The molecule has 0 bridgehead atoms. The van der Waals surface area contributed by atoms with E-state index in [0.29, 0.717) is 0 Å². The fraction of sp³-hybridized carbons (Fsp3) is 0.273. The number of rotatable bonds is 5. The van der Waals surface area contributed by atoms with Gasteiger partial charge >= 0.3 is 22.1 Å². The average molecular weight is 288 g/mol. The molecule has 0 aromatic heterocycles. The Morgan fingerprint density at radius 2 is 1.95 bits per heavy atom. The first-order valence-electron chi connectivity index (χ1n) is 5.08. The van der Waals surface area contributed by atoms with Gasteiger partial charge in [-0.3, -0.25) is 4.79 Å². The van der Waals surface area contributed by atoms with Crippen molar-refractivity contribution in [1.82, 2.24) is 0 Å². The van der Waals surface area contributed by atoms with Crippen LogP contribution in [0.2, 0.25) is 0 Å². The van der Waals surface area contributed by atoms with Crippen molar-refractivity contribution in [1.29, 1.82) is 0 Å². The van der Waals surface area contributed by atoms with Gasteiger partial charge in [0.1, 0.15) is 5.75 Å². The van der Waals surface area contributed by atoms with Crippen molar-refractivity contribution in [2.24, 2.45) is 0 Å². The zero-order valence-electron chi connectivity index (χ0n) is 10.2. The smallest absolute Gasteiger partial charge is 0.349 e. The monoisotopic (exact) mass is 288 g/mol. The number of esters is 1. The van der Waals surface area contributed by atoms with E-state index in [2.05, 4.69) is 8.92 Å². The summed E-state index contributed by atoms with van der Waals surface area (Å²) in [5, 5.41) is 8.96. The number of ether oxygens (including phenoxy) is 1. The van der Waals surface area contributed by atoms with Crippen LogP contribution in [0.1, 0.15) is 18.6 Å². The molecule has 19 heavy (non-hydrogen) atoms. The first-order valence-corrected chi connectivity index (χ1v) is 6.90. The molecular weight excluding hydrogens is 276 g/mol. The quantitative estimate of drug-likeness (QED) is 0.628. The van der Waals surface area contributed by atoms with E-state index in [4.69, 9.17) is 5.11 Å². The van der Waals surface area contributed by atoms with Crippen molar-refractivity contribution in [2.45, 2.75) is 13.0 Å². The Kier molecular flexibility index (Phi) is 4.49. The maximum absolute atomic E-state index is 11.0. The second-order valence-corrected chi connectivity index (χ2v) is 5.26.